The van der Waals surface area contributed by atoms with Gasteiger partial charge in [0.2, 0.25) is 10.0 Å². The second-order valence-corrected chi connectivity index (χ2v) is 5.59. The van der Waals surface area contributed by atoms with Crippen LogP contribution in [0.5, 0.6) is 5.75 Å². The first kappa shape index (κ1) is 14.0. The molecule has 1 unspecified atom stereocenters. The van der Waals surface area contributed by atoms with Crippen LogP contribution in [0.1, 0.15) is 6.92 Å². The van der Waals surface area contributed by atoms with Crippen LogP contribution in [0.25, 0.3) is 0 Å². The summed E-state index contributed by atoms with van der Waals surface area (Å²) in [6.07, 6.45) is 0. The Morgan fingerprint density at radius 2 is 2.18 bits per heavy atom. The number of aliphatic hydroxyl groups excluding tert-OH is 1. The van der Waals surface area contributed by atoms with Gasteiger partial charge < -0.3 is 9.84 Å². The Kier molecular flexibility index (Phi) is 4.92. The van der Waals surface area contributed by atoms with E-state index in [2.05, 4.69) is 4.72 Å². The van der Waals surface area contributed by atoms with Crippen LogP contribution in [-0.4, -0.2) is 33.8 Å². The van der Waals surface area contributed by atoms with E-state index in [0.717, 1.165) is 0 Å². The first-order chi connectivity index (χ1) is 7.99. The zero-order valence-corrected chi connectivity index (χ0v) is 10.7. The Labute approximate surface area is 101 Å². The maximum Gasteiger partial charge on any atom is 0.240 e. The van der Waals surface area contributed by atoms with Crippen molar-refractivity contribution in [1.82, 2.24) is 4.72 Å². The van der Waals surface area contributed by atoms with Gasteiger partial charge in [-0.05, 0) is 18.1 Å². The summed E-state index contributed by atoms with van der Waals surface area (Å²) in [5, 5.41) is 8.83. The molecule has 0 radical (unpaired) electrons. The minimum absolute atomic E-state index is 0.0549. The smallest absolute Gasteiger partial charge is 0.240 e. The molecule has 0 aliphatic heterocycles. The van der Waals surface area contributed by atoms with Gasteiger partial charge in [-0.2, -0.15) is 0 Å². The average Bonchev–Trinajstić information content (AvgIpc) is 2.36. The lowest BCUT2D eigenvalue weighted by atomic mass is 10.2. The van der Waals surface area contributed by atoms with Gasteiger partial charge in [-0.3, -0.25) is 0 Å². The van der Waals surface area contributed by atoms with Crippen LogP contribution in [0, 0.1) is 5.92 Å². The van der Waals surface area contributed by atoms with E-state index in [0.29, 0.717) is 5.75 Å². The van der Waals surface area contributed by atoms with E-state index >= 15 is 0 Å². The molecule has 1 aromatic carbocycles. The zero-order valence-electron chi connectivity index (χ0n) is 9.88. The van der Waals surface area contributed by atoms with Crippen LogP contribution in [-0.2, 0) is 10.0 Å². The fourth-order valence-electron chi connectivity index (χ4n) is 1.17. The normalized spacial score (nSPS) is 13.4. The number of benzene rings is 1. The van der Waals surface area contributed by atoms with Crippen LogP contribution < -0.4 is 9.46 Å². The monoisotopic (exact) mass is 259 g/mol. The average molecular weight is 259 g/mol. The number of hydrogen-bond acceptors (Lipinski definition) is 4. The van der Waals surface area contributed by atoms with E-state index in [9.17, 15) is 8.42 Å². The van der Waals surface area contributed by atoms with Gasteiger partial charge in [0.15, 0.2) is 0 Å². The van der Waals surface area contributed by atoms with E-state index in [-0.39, 0.29) is 24.0 Å². The lowest BCUT2D eigenvalue weighted by molar-refractivity contribution is 0.238. The van der Waals surface area contributed by atoms with E-state index < -0.39 is 10.0 Å². The van der Waals surface area contributed by atoms with Gasteiger partial charge in [0, 0.05) is 19.2 Å². The number of methoxy groups -OCH3 is 1. The van der Waals surface area contributed by atoms with Crippen molar-refractivity contribution in [1.29, 1.82) is 0 Å². The molecule has 0 aliphatic rings. The van der Waals surface area contributed by atoms with Crippen LogP contribution in [0.15, 0.2) is 29.2 Å². The highest BCUT2D eigenvalue weighted by Gasteiger charge is 2.15. The Hall–Kier alpha value is -1.11. The summed E-state index contributed by atoms with van der Waals surface area (Å²) in [4.78, 5) is 0.155. The fraction of sp³-hybridized carbons (Fsp3) is 0.455. The minimum Gasteiger partial charge on any atom is -0.497 e. The molecule has 0 spiro atoms. The molecule has 2 N–H and O–H groups in total. The van der Waals surface area contributed by atoms with Crippen molar-refractivity contribution in [3.8, 4) is 5.75 Å². The third kappa shape index (κ3) is 3.99. The second-order valence-electron chi connectivity index (χ2n) is 3.82. The summed E-state index contributed by atoms with van der Waals surface area (Å²) in [6, 6.07) is 6.23. The van der Waals surface area contributed by atoms with Crippen molar-refractivity contribution < 1.29 is 18.3 Å². The van der Waals surface area contributed by atoms with Gasteiger partial charge in [-0.1, -0.05) is 13.0 Å². The first-order valence-corrected chi connectivity index (χ1v) is 6.72. The van der Waals surface area contributed by atoms with Crippen molar-refractivity contribution in [3.05, 3.63) is 24.3 Å². The van der Waals surface area contributed by atoms with Gasteiger partial charge in [0.1, 0.15) is 5.75 Å². The third-order valence-electron chi connectivity index (χ3n) is 2.28. The Morgan fingerprint density at radius 1 is 1.47 bits per heavy atom. The highest BCUT2D eigenvalue weighted by Crippen LogP contribution is 2.16. The van der Waals surface area contributed by atoms with Gasteiger partial charge in [0.05, 0.1) is 12.0 Å². The predicted octanol–water partition coefficient (Wildman–Crippen LogP) is 0.602. The highest BCUT2D eigenvalue weighted by molar-refractivity contribution is 7.89. The quantitative estimate of drug-likeness (QED) is 0.784. The number of ether oxygens (including phenoxy) is 1. The molecule has 17 heavy (non-hydrogen) atoms. The summed E-state index contributed by atoms with van der Waals surface area (Å²) in [5.74, 6) is 0.374. The molecule has 5 nitrogen and oxygen atoms in total. The molecular formula is C11H17NO4S. The first-order valence-electron chi connectivity index (χ1n) is 5.24. The summed E-state index contributed by atoms with van der Waals surface area (Å²) < 4.78 is 31.1. The summed E-state index contributed by atoms with van der Waals surface area (Å²) in [5.41, 5.74) is 0. The van der Waals surface area contributed by atoms with Crippen molar-refractivity contribution in [2.75, 3.05) is 20.3 Å². The molecule has 1 rings (SSSR count). The summed E-state index contributed by atoms with van der Waals surface area (Å²) in [6.45, 7) is 1.91. The Morgan fingerprint density at radius 3 is 2.76 bits per heavy atom. The highest BCUT2D eigenvalue weighted by atomic mass is 32.2. The standard InChI is InChI=1S/C11H17NO4S/c1-9(8-13)7-12-17(14,15)11-5-3-4-10(6-11)16-2/h3-6,9,12-13H,7-8H2,1-2H3. The van der Waals surface area contributed by atoms with E-state index in [1.165, 1.54) is 19.2 Å². The second kappa shape index (κ2) is 6.00. The number of nitrogens with one attached hydrogen (secondary N) is 1. The Balaban J connectivity index is 2.82. The molecular weight excluding hydrogens is 242 g/mol. The topological polar surface area (TPSA) is 75.6 Å². The molecule has 0 aromatic heterocycles. The van der Waals surface area contributed by atoms with Gasteiger partial charge in [-0.15, -0.1) is 0 Å². The molecule has 6 heteroatoms. The van der Waals surface area contributed by atoms with Crippen LogP contribution >= 0.6 is 0 Å². The third-order valence-corrected chi connectivity index (χ3v) is 3.71. The van der Waals surface area contributed by atoms with Gasteiger partial charge >= 0.3 is 0 Å². The van der Waals surface area contributed by atoms with Crippen molar-refractivity contribution in [2.24, 2.45) is 5.92 Å². The van der Waals surface area contributed by atoms with E-state index in [4.69, 9.17) is 9.84 Å². The molecule has 0 saturated carbocycles. The van der Waals surface area contributed by atoms with Crippen LogP contribution in [0.3, 0.4) is 0 Å². The maximum atomic E-state index is 11.9. The number of sulfonamides is 1. The van der Waals surface area contributed by atoms with E-state index in [1.54, 1.807) is 19.1 Å². The number of hydrogen-bond donors (Lipinski definition) is 2. The fourth-order valence-corrected chi connectivity index (χ4v) is 2.37. The molecule has 0 aliphatic carbocycles. The van der Waals surface area contributed by atoms with Gasteiger partial charge in [-0.25, -0.2) is 13.1 Å². The number of aliphatic hydroxyl groups is 1. The van der Waals surface area contributed by atoms with Crippen LogP contribution in [0.4, 0.5) is 0 Å². The molecule has 1 aromatic rings. The largest absolute Gasteiger partial charge is 0.497 e. The zero-order chi connectivity index (χ0) is 12.9. The van der Waals surface area contributed by atoms with E-state index in [1.807, 2.05) is 0 Å². The van der Waals surface area contributed by atoms with Crippen molar-refractivity contribution in [2.45, 2.75) is 11.8 Å². The summed E-state index contributed by atoms with van der Waals surface area (Å²) in [7, 11) is -2.06. The molecule has 0 fully saturated rings. The molecule has 0 bridgehead atoms. The lowest BCUT2D eigenvalue weighted by Gasteiger charge is -2.11. The molecule has 0 heterocycles. The lowest BCUT2D eigenvalue weighted by Crippen LogP contribution is -2.29. The van der Waals surface area contributed by atoms with Crippen molar-refractivity contribution >= 4 is 10.0 Å². The van der Waals surface area contributed by atoms with Crippen LogP contribution in [0.2, 0.25) is 0 Å². The minimum atomic E-state index is -3.54. The SMILES string of the molecule is COc1cccc(S(=O)(=O)NCC(C)CO)c1. The van der Waals surface area contributed by atoms with Gasteiger partial charge in [0.25, 0.3) is 0 Å². The molecule has 0 saturated heterocycles. The predicted molar refractivity (Wildman–Crippen MR) is 64.4 cm³/mol. The van der Waals surface area contributed by atoms with Crippen molar-refractivity contribution in [3.63, 3.8) is 0 Å². The molecule has 0 amide bonds. The molecule has 1 atom stereocenters. The Bertz CT molecular complexity index is 458. The summed E-state index contributed by atoms with van der Waals surface area (Å²) >= 11 is 0. The number of rotatable bonds is 6. The molecule has 96 valence electrons. The maximum absolute atomic E-state index is 11.9.